The van der Waals surface area contributed by atoms with E-state index in [1.54, 1.807) is 0 Å². The summed E-state index contributed by atoms with van der Waals surface area (Å²) in [6, 6.07) is 2.56. The molecule has 1 aliphatic carbocycles. The van der Waals surface area contributed by atoms with E-state index >= 15 is 0 Å². The highest BCUT2D eigenvalue weighted by Gasteiger charge is 2.31. The van der Waals surface area contributed by atoms with E-state index in [9.17, 15) is 4.79 Å². The summed E-state index contributed by atoms with van der Waals surface area (Å²) in [5.74, 6) is 0.164. The Bertz CT molecular complexity index is 255. The van der Waals surface area contributed by atoms with Crippen LogP contribution in [-0.4, -0.2) is 47.9 Å². The van der Waals surface area contributed by atoms with Gasteiger partial charge in [-0.15, -0.1) is 0 Å². The summed E-state index contributed by atoms with van der Waals surface area (Å²) >= 11 is 0. The SMILES string of the molecule is CCN(CC#N)CC(=O)N(CC)C1CC1. The number of nitriles is 1. The summed E-state index contributed by atoms with van der Waals surface area (Å²) < 4.78 is 0. The smallest absolute Gasteiger partial charge is 0.237 e. The molecule has 0 N–H and O–H groups in total. The van der Waals surface area contributed by atoms with Crippen LogP contribution in [-0.2, 0) is 4.79 Å². The van der Waals surface area contributed by atoms with Crippen LogP contribution in [0.15, 0.2) is 0 Å². The van der Waals surface area contributed by atoms with E-state index < -0.39 is 0 Å². The summed E-state index contributed by atoms with van der Waals surface area (Å²) in [5, 5.41) is 8.58. The van der Waals surface area contributed by atoms with Crippen LogP contribution in [0.3, 0.4) is 0 Å². The second-order valence-electron chi connectivity index (χ2n) is 3.87. The van der Waals surface area contributed by atoms with E-state index in [2.05, 4.69) is 6.07 Å². The fourth-order valence-corrected chi connectivity index (χ4v) is 1.69. The molecule has 0 radical (unpaired) electrons. The first-order valence-corrected chi connectivity index (χ1v) is 5.61. The van der Waals surface area contributed by atoms with E-state index in [0.717, 1.165) is 25.9 Å². The third kappa shape index (κ3) is 3.52. The zero-order chi connectivity index (χ0) is 11.3. The molecule has 0 saturated heterocycles. The van der Waals surface area contributed by atoms with Gasteiger partial charge in [0, 0.05) is 12.6 Å². The summed E-state index contributed by atoms with van der Waals surface area (Å²) in [6.07, 6.45) is 2.29. The highest BCUT2D eigenvalue weighted by atomic mass is 16.2. The van der Waals surface area contributed by atoms with E-state index in [1.165, 1.54) is 0 Å². The molecule has 1 saturated carbocycles. The highest BCUT2D eigenvalue weighted by Crippen LogP contribution is 2.26. The Balaban J connectivity index is 2.41. The summed E-state index contributed by atoms with van der Waals surface area (Å²) in [4.78, 5) is 15.7. The zero-order valence-corrected chi connectivity index (χ0v) is 9.57. The van der Waals surface area contributed by atoms with Crippen LogP contribution in [0, 0.1) is 11.3 Å². The van der Waals surface area contributed by atoms with Crippen LogP contribution >= 0.6 is 0 Å². The minimum Gasteiger partial charge on any atom is -0.339 e. The minimum absolute atomic E-state index is 0.164. The molecule has 0 spiro atoms. The molecule has 4 nitrogen and oxygen atoms in total. The molecule has 1 amide bonds. The van der Waals surface area contributed by atoms with Crippen molar-refractivity contribution < 1.29 is 4.79 Å². The van der Waals surface area contributed by atoms with Crippen molar-refractivity contribution in [2.45, 2.75) is 32.7 Å². The van der Waals surface area contributed by atoms with Crippen molar-refractivity contribution >= 4 is 5.91 Å². The van der Waals surface area contributed by atoms with Gasteiger partial charge in [-0.05, 0) is 26.3 Å². The molecule has 84 valence electrons. The number of amides is 1. The Kier molecular flexibility index (Phi) is 4.57. The van der Waals surface area contributed by atoms with Gasteiger partial charge in [0.15, 0.2) is 0 Å². The van der Waals surface area contributed by atoms with Crippen molar-refractivity contribution in [1.29, 1.82) is 5.26 Å². The molecule has 1 fully saturated rings. The number of likely N-dealkylation sites (N-methyl/N-ethyl adjacent to an activating group) is 2. The summed E-state index contributed by atoms with van der Waals surface area (Å²) in [6.45, 7) is 6.24. The topological polar surface area (TPSA) is 47.3 Å². The van der Waals surface area contributed by atoms with E-state index in [4.69, 9.17) is 5.26 Å². The molecule has 0 atom stereocenters. The average molecular weight is 209 g/mol. The number of nitrogens with zero attached hydrogens (tertiary/aromatic N) is 3. The summed E-state index contributed by atoms with van der Waals surface area (Å²) in [5.41, 5.74) is 0. The van der Waals surface area contributed by atoms with Gasteiger partial charge in [-0.2, -0.15) is 5.26 Å². The molecular weight excluding hydrogens is 190 g/mol. The van der Waals surface area contributed by atoms with Crippen molar-refractivity contribution in [3.63, 3.8) is 0 Å². The van der Waals surface area contributed by atoms with Crippen molar-refractivity contribution in [2.75, 3.05) is 26.2 Å². The molecule has 4 heteroatoms. The molecule has 0 unspecified atom stereocenters. The molecule has 0 aromatic carbocycles. The Morgan fingerprint density at radius 2 is 2.07 bits per heavy atom. The first-order chi connectivity index (χ1) is 7.22. The van der Waals surface area contributed by atoms with Crippen molar-refractivity contribution in [3.05, 3.63) is 0 Å². The summed E-state index contributed by atoms with van der Waals surface area (Å²) in [7, 11) is 0. The molecule has 0 heterocycles. The van der Waals surface area contributed by atoms with Crippen LogP contribution in [0.2, 0.25) is 0 Å². The quantitative estimate of drug-likeness (QED) is 0.609. The first kappa shape index (κ1) is 12.0. The standard InChI is InChI=1S/C11H19N3O/c1-3-13(8-7-12)9-11(15)14(4-2)10-5-6-10/h10H,3-6,8-9H2,1-2H3. The van der Waals surface area contributed by atoms with Gasteiger partial charge in [0.2, 0.25) is 5.91 Å². The third-order valence-electron chi connectivity index (χ3n) is 2.75. The molecule has 0 aliphatic heterocycles. The normalized spacial score (nSPS) is 15.1. The van der Waals surface area contributed by atoms with Gasteiger partial charge in [0.05, 0.1) is 19.2 Å². The number of carbonyl (C=O) groups is 1. The monoisotopic (exact) mass is 209 g/mol. The lowest BCUT2D eigenvalue weighted by atomic mass is 10.4. The van der Waals surface area contributed by atoms with Crippen molar-refractivity contribution in [2.24, 2.45) is 0 Å². The molecule has 1 aliphatic rings. The van der Waals surface area contributed by atoms with Gasteiger partial charge in [-0.3, -0.25) is 9.69 Å². The van der Waals surface area contributed by atoms with Gasteiger partial charge in [-0.1, -0.05) is 6.92 Å². The van der Waals surface area contributed by atoms with Gasteiger partial charge in [-0.25, -0.2) is 0 Å². The maximum atomic E-state index is 11.9. The van der Waals surface area contributed by atoms with E-state index in [-0.39, 0.29) is 5.91 Å². The van der Waals surface area contributed by atoms with E-state index in [0.29, 0.717) is 19.1 Å². The van der Waals surface area contributed by atoms with Crippen LogP contribution in [0.4, 0.5) is 0 Å². The largest absolute Gasteiger partial charge is 0.339 e. The third-order valence-corrected chi connectivity index (χ3v) is 2.75. The fourth-order valence-electron chi connectivity index (χ4n) is 1.69. The maximum Gasteiger partial charge on any atom is 0.237 e. The number of carbonyl (C=O) groups excluding carboxylic acids is 1. The fraction of sp³-hybridized carbons (Fsp3) is 0.818. The number of hydrogen-bond acceptors (Lipinski definition) is 3. The van der Waals surface area contributed by atoms with Crippen LogP contribution in [0.25, 0.3) is 0 Å². The second kappa shape index (κ2) is 5.72. The van der Waals surface area contributed by atoms with Gasteiger partial charge < -0.3 is 4.90 Å². The van der Waals surface area contributed by atoms with Gasteiger partial charge >= 0.3 is 0 Å². The maximum absolute atomic E-state index is 11.9. The van der Waals surface area contributed by atoms with Crippen molar-refractivity contribution in [3.8, 4) is 6.07 Å². The lowest BCUT2D eigenvalue weighted by molar-refractivity contribution is -0.132. The van der Waals surface area contributed by atoms with E-state index in [1.807, 2.05) is 23.6 Å². The molecule has 15 heavy (non-hydrogen) atoms. The zero-order valence-electron chi connectivity index (χ0n) is 9.57. The van der Waals surface area contributed by atoms with Crippen LogP contribution in [0.1, 0.15) is 26.7 Å². The lowest BCUT2D eigenvalue weighted by Crippen LogP contribution is -2.41. The number of rotatable bonds is 6. The Morgan fingerprint density at radius 3 is 2.47 bits per heavy atom. The second-order valence-corrected chi connectivity index (χ2v) is 3.87. The Morgan fingerprint density at radius 1 is 1.40 bits per heavy atom. The molecule has 1 rings (SSSR count). The first-order valence-electron chi connectivity index (χ1n) is 5.61. The van der Waals surface area contributed by atoms with Gasteiger partial charge in [0.25, 0.3) is 0 Å². The lowest BCUT2D eigenvalue weighted by Gasteiger charge is -2.24. The van der Waals surface area contributed by atoms with Gasteiger partial charge in [0.1, 0.15) is 0 Å². The minimum atomic E-state index is 0.164. The molecule has 0 aromatic heterocycles. The highest BCUT2D eigenvalue weighted by molar-refractivity contribution is 5.78. The Labute approximate surface area is 91.5 Å². The average Bonchev–Trinajstić information content (AvgIpc) is 3.02. The molecular formula is C11H19N3O. The van der Waals surface area contributed by atoms with Crippen LogP contribution < -0.4 is 0 Å². The van der Waals surface area contributed by atoms with Crippen LogP contribution in [0.5, 0.6) is 0 Å². The van der Waals surface area contributed by atoms with Crippen molar-refractivity contribution in [1.82, 2.24) is 9.80 Å². The predicted octanol–water partition coefficient (Wildman–Crippen LogP) is 0.843. The Hall–Kier alpha value is -1.08. The predicted molar refractivity (Wildman–Crippen MR) is 58.1 cm³/mol. The molecule has 0 aromatic rings. The molecule has 0 bridgehead atoms. The number of hydrogen-bond donors (Lipinski definition) is 0.